The molecule has 2 aromatic carbocycles. The van der Waals surface area contributed by atoms with E-state index in [9.17, 15) is 14.9 Å². The van der Waals surface area contributed by atoms with Gasteiger partial charge in [-0.2, -0.15) is 5.10 Å². The monoisotopic (exact) mass is 348 g/mol. The molecule has 0 bridgehead atoms. The highest BCUT2D eigenvalue weighted by molar-refractivity contribution is 6.00. The quantitative estimate of drug-likeness (QED) is 0.557. The number of nitrogens with zero attached hydrogens (tertiary/aromatic N) is 2. The first-order chi connectivity index (χ1) is 12.6. The molecule has 1 aliphatic rings. The lowest BCUT2D eigenvalue weighted by Gasteiger charge is -2.14. The van der Waals surface area contributed by atoms with E-state index >= 15 is 0 Å². The average molecular weight is 348 g/mol. The number of nitrogens with one attached hydrogen (secondary N) is 2. The summed E-state index contributed by atoms with van der Waals surface area (Å²) in [5.74, 6) is -0.214. The van der Waals surface area contributed by atoms with Gasteiger partial charge < -0.3 is 5.32 Å². The lowest BCUT2D eigenvalue weighted by atomic mass is 10.1. The molecule has 1 heterocycles. The first kappa shape index (κ1) is 16.0. The summed E-state index contributed by atoms with van der Waals surface area (Å²) in [6, 6.07) is 14.1. The zero-order chi connectivity index (χ0) is 18.1. The van der Waals surface area contributed by atoms with Crippen LogP contribution in [0.15, 0.2) is 54.7 Å². The second-order valence-electron chi connectivity index (χ2n) is 6.23. The van der Waals surface area contributed by atoms with Crippen LogP contribution in [0.1, 0.15) is 33.9 Å². The predicted molar refractivity (Wildman–Crippen MR) is 95.6 cm³/mol. The third kappa shape index (κ3) is 2.83. The number of hydrogen-bond donors (Lipinski definition) is 2. The molecule has 1 aliphatic carbocycles. The van der Waals surface area contributed by atoms with Crippen molar-refractivity contribution in [2.24, 2.45) is 0 Å². The fourth-order valence-electron chi connectivity index (χ4n) is 3.37. The van der Waals surface area contributed by atoms with E-state index < -0.39 is 4.92 Å². The number of carbonyl (C=O) groups excluding carboxylic acids is 1. The summed E-state index contributed by atoms with van der Waals surface area (Å²) in [6.45, 7) is 0. The second-order valence-corrected chi connectivity index (χ2v) is 6.23. The van der Waals surface area contributed by atoms with Crippen LogP contribution in [-0.4, -0.2) is 21.0 Å². The van der Waals surface area contributed by atoms with Crippen molar-refractivity contribution in [3.05, 3.63) is 81.5 Å². The minimum Gasteiger partial charge on any atom is -0.345 e. The Kier molecular flexibility index (Phi) is 3.96. The van der Waals surface area contributed by atoms with Crippen molar-refractivity contribution in [1.29, 1.82) is 0 Å². The number of nitro benzene ring substituents is 1. The molecule has 0 fully saturated rings. The lowest BCUT2D eigenvalue weighted by Crippen LogP contribution is -2.27. The maximum Gasteiger partial charge on any atom is 0.269 e. The Hall–Kier alpha value is -3.48. The molecule has 0 aliphatic heterocycles. The van der Waals surface area contributed by atoms with Crippen molar-refractivity contribution in [3.8, 4) is 11.3 Å². The predicted octanol–water partition coefficient (Wildman–Crippen LogP) is 3.40. The number of rotatable bonds is 4. The van der Waals surface area contributed by atoms with E-state index in [0.29, 0.717) is 16.8 Å². The van der Waals surface area contributed by atoms with Gasteiger partial charge in [0, 0.05) is 17.7 Å². The van der Waals surface area contributed by atoms with Crippen LogP contribution >= 0.6 is 0 Å². The third-order valence-corrected chi connectivity index (χ3v) is 4.69. The number of carbonyl (C=O) groups is 1. The Balaban J connectivity index is 1.57. The number of aromatic amines is 1. The molecule has 26 heavy (non-hydrogen) atoms. The van der Waals surface area contributed by atoms with Gasteiger partial charge in [-0.1, -0.05) is 24.3 Å². The number of hydrogen-bond acceptors (Lipinski definition) is 4. The van der Waals surface area contributed by atoms with Gasteiger partial charge in [0.15, 0.2) is 0 Å². The first-order valence-electron chi connectivity index (χ1n) is 8.30. The Morgan fingerprint density at radius 3 is 2.73 bits per heavy atom. The number of aromatic nitrogens is 2. The van der Waals surface area contributed by atoms with Gasteiger partial charge in [-0.3, -0.25) is 20.0 Å². The highest BCUT2D eigenvalue weighted by Crippen LogP contribution is 2.31. The van der Waals surface area contributed by atoms with Crippen molar-refractivity contribution >= 4 is 11.6 Å². The molecule has 0 saturated carbocycles. The molecule has 130 valence electrons. The van der Waals surface area contributed by atoms with Crippen molar-refractivity contribution in [1.82, 2.24) is 15.5 Å². The standard InChI is InChI=1S/C19H16N4O3/c24-19(21-17-10-7-12-3-1-2-4-15(12)17)16-11-20-22-18(16)13-5-8-14(9-6-13)23(25)26/h1-6,8-9,11,17H,7,10H2,(H,20,22)(H,21,24). The van der Waals surface area contributed by atoms with Crippen LogP contribution in [0.5, 0.6) is 0 Å². The topological polar surface area (TPSA) is 101 Å². The summed E-state index contributed by atoms with van der Waals surface area (Å²) in [5, 5.41) is 20.7. The molecule has 0 radical (unpaired) electrons. The van der Waals surface area contributed by atoms with Crippen molar-refractivity contribution < 1.29 is 9.72 Å². The normalized spacial score (nSPS) is 15.5. The van der Waals surface area contributed by atoms with Crippen LogP contribution in [0.25, 0.3) is 11.3 Å². The average Bonchev–Trinajstić information content (AvgIpc) is 3.29. The van der Waals surface area contributed by atoms with Gasteiger partial charge in [-0.15, -0.1) is 0 Å². The molecule has 7 nitrogen and oxygen atoms in total. The summed E-state index contributed by atoms with van der Waals surface area (Å²) in [7, 11) is 0. The Morgan fingerprint density at radius 2 is 1.96 bits per heavy atom. The smallest absolute Gasteiger partial charge is 0.269 e. The SMILES string of the molecule is O=C(NC1CCc2ccccc21)c1cn[nH]c1-c1ccc([N+](=O)[O-])cc1. The number of amides is 1. The third-order valence-electron chi connectivity index (χ3n) is 4.69. The van der Waals surface area contributed by atoms with Gasteiger partial charge in [0.2, 0.25) is 0 Å². The molecule has 1 atom stereocenters. The Morgan fingerprint density at radius 1 is 1.19 bits per heavy atom. The van der Waals surface area contributed by atoms with Gasteiger partial charge in [0.25, 0.3) is 11.6 Å². The van der Waals surface area contributed by atoms with Gasteiger partial charge in [-0.05, 0) is 36.1 Å². The number of nitro groups is 1. The van der Waals surface area contributed by atoms with E-state index in [1.54, 1.807) is 12.1 Å². The van der Waals surface area contributed by atoms with E-state index in [-0.39, 0.29) is 17.6 Å². The van der Waals surface area contributed by atoms with Crippen LogP contribution < -0.4 is 5.32 Å². The van der Waals surface area contributed by atoms with Gasteiger partial charge in [0.05, 0.1) is 28.4 Å². The van der Waals surface area contributed by atoms with E-state index in [1.165, 1.54) is 23.9 Å². The number of H-pyrrole nitrogens is 1. The number of non-ortho nitro benzene ring substituents is 1. The fourth-order valence-corrected chi connectivity index (χ4v) is 3.37. The molecular formula is C19H16N4O3. The van der Waals surface area contributed by atoms with Crippen LogP contribution in [0.3, 0.4) is 0 Å². The Bertz CT molecular complexity index is 978. The van der Waals surface area contributed by atoms with Crippen LogP contribution in [-0.2, 0) is 6.42 Å². The van der Waals surface area contributed by atoms with Crippen LogP contribution in [0.2, 0.25) is 0 Å². The molecule has 3 aromatic rings. The summed E-state index contributed by atoms with van der Waals surface area (Å²) in [6.07, 6.45) is 3.30. The number of aryl methyl sites for hydroxylation is 1. The van der Waals surface area contributed by atoms with Gasteiger partial charge in [-0.25, -0.2) is 0 Å². The summed E-state index contributed by atoms with van der Waals surface area (Å²) >= 11 is 0. The van der Waals surface area contributed by atoms with E-state index in [0.717, 1.165) is 18.4 Å². The van der Waals surface area contributed by atoms with E-state index in [4.69, 9.17) is 0 Å². The first-order valence-corrected chi connectivity index (χ1v) is 8.30. The second kappa shape index (κ2) is 6.44. The van der Waals surface area contributed by atoms with E-state index in [2.05, 4.69) is 21.6 Å². The highest BCUT2D eigenvalue weighted by atomic mass is 16.6. The summed E-state index contributed by atoms with van der Waals surface area (Å²) < 4.78 is 0. The van der Waals surface area contributed by atoms with Gasteiger partial charge >= 0.3 is 0 Å². The number of benzene rings is 2. The van der Waals surface area contributed by atoms with Gasteiger partial charge in [0.1, 0.15) is 0 Å². The maximum atomic E-state index is 12.8. The molecule has 4 rings (SSSR count). The minimum absolute atomic E-state index is 0.00169. The number of fused-ring (bicyclic) bond motifs is 1. The zero-order valence-corrected chi connectivity index (χ0v) is 13.8. The molecule has 0 spiro atoms. The molecule has 2 N–H and O–H groups in total. The largest absolute Gasteiger partial charge is 0.345 e. The Labute approximate surface area is 149 Å². The van der Waals surface area contributed by atoms with Crippen molar-refractivity contribution in [2.45, 2.75) is 18.9 Å². The van der Waals surface area contributed by atoms with Crippen LogP contribution in [0, 0.1) is 10.1 Å². The lowest BCUT2D eigenvalue weighted by molar-refractivity contribution is -0.384. The van der Waals surface area contributed by atoms with Crippen molar-refractivity contribution in [3.63, 3.8) is 0 Å². The summed E-state index contributed by atoms with van der Waals surface area (Å²) in [5.41, 5.74) is 4.06. The zero-order valence-electron chi connectivity index (χ0n) is 13.8. The molecule has 0 saturated heterocycles. The fraction of sp³-hybridized carbons (Fsp3) is 0.158. The molecule has 1 amide bonds. The molecular weight excluding hydrogens is 332 g/mol. The maximum absolute atomic E-state index is 12.8. The molecule has 1 aromatic heterocycles. The summed E-state index contributed by atoms with van der Waals surface area (Å²) in [4.78, 5) is 23.1. The molecule has 7 heteroatoms. The van der Waals surface area contributed by atoms with Crippen molar-refractivity contribution in [2.75, 3.05) is 0 Å². The highest BCUT2D eigenvalue weighted by Gasteiger charge is 2.25. The molecule has 1 unspecified atom stereocenters. The van der Waals surface area contributed by atoms with Crippen LogP contribution in [0.4, 0.5) is 5.69 Å². The minimum atomic E-state index is -0.456. The van der Waals surface area contributed by atoms with E-state index in [1.807, 2.05) is 18.2 Å².